The van der Waals surface area contributed by atoms with Gasteiger partial charge in [0.2, 0.25) is 0 Å². The second kappa shape index (κ2) is 14.8. The SMILES string of the molecule is CC.CCNC(=O)c1ccc(NCC#Cc2cc3c(NC4CCN(C)CC4F)cccc3n2CC(F)(F)F)c(OC)c1. The lowest BCUT2D eigenvalue weighted by Crippen LogP contribution is -2.46. The summed E-state index contributed by atoms with van der Waals surface area (Å²) in [6.45, 7) is 6.26. The largest absolute Gasteiger partial charge is 0.495 e. The third kappa shape index (κ3) is 8.32. The molecule has 42 heavy (non-hydrogen) atoms. The first-order valence-electron chi connectivity index (χ1n) is 14.1. The molecule has 2 atom stereocenters. The molecular weight excluding hydrogens is 550 g/mol. The third-order valence-corrected chi connectivity index (χ3v) is 6.75. The van der Waals surface area contributed by atoms with Crippen molar-refractivity contribution in [1.82, 2.24) is 14.8 Å². The quantitative estimate of drug-likeness (QED) is 0.225. The van der Waals surface area contributed by atoms with Crippen molar-refractivity contribution in [2.24, 2.45) is 0 Å². The Morgan fingerprint density at radius 1 is 1.14 bits per heavy atom. The second-order valence-electron chi connectivity index (χ2n) is 9.72. The molecule has 2 heterocycles. The van der Waals surface area contributed by atoms with Crippen LogP contribution >= 0.6 is 0 Å². The fourth-order valence-electron chi connectivity index (χ4n) is 4.80. The molecule has 0 saturated carbocycles. The van der Waals surface area contributed by atoms with E-state index in [1.165, 1.54) is 7.11 Å². The van der Waals surface area contributed by atoms with Gasteiger partial charge in [0, 0.05) is 36.3 Å². The number of carbonyl (C=O) groups excluding carboxylic acids is 1. The van der Waals surface area contributed by atoms with Gasteiger partial charge in [-0.2, -0.15) is 13.2 Å². The summed E-state index contributed by atoms with van der Waals surface area (Å²) in [5.74, 6) is 5.96. The zero-order valence-electron chi connectivity index (χ0n) is 24.7. The molecule has 0 radical (unpaired) electrons. The summed E-state index contributed by atoms with van der Waals surface area (Å²) in [7, 11) is 3.34. The minimum Gasteiger partial charge on any atom is -0.495 e. The first-order chi connectivity index (χ1) is 20.1. The number of amides is 1. The van der Waals surface area contributed by atoms with E-state index in [-0.39, 0.29) is 18.1 Å². The number of nitrogens with zero attached hydrogens (tertiary/aromatic N) is 2. The van der Waals surface area contributed by atoms with Gasteiger partial charge in [-0.15, -0.1) is 0 Å². The van der Waals surface area contributed by atoms with Crippen LogP contribution in [0.4, 0.5) is 28.9 Å². The Bertz CT molecular complexity index is 1410. The maximum absolute atomic E-state index is 14.7. The zero-order chi connectivity index (χ0) is 30.9. The predicted molar refractivity (Wildman–Crippen MR) is 160 cm³/mol. The van der Waals surface area contributed by atoms with E-state index >= 15 is 0 Å². The molecule has 1 aromatic heterocycles. The first-order valence-corrected chi connectivity index (χ1v) is 14.1. The van der Waals surface area contributed by atoms with Crippen molar-refractivity contribution in [1.29, 1.82) is 0 Å². The molecule has 1 fully saturated rings. The number of anilines is 2. The number of nitrogens with one attached hydrogen (secondary N) is 3. The minimum absolute atomic E-state index is 0.120. The highest BCUT2D eigenvalue weighted by molar-refractivity contribution is 5.95. The highest BCUT2D eigenvalue weighted by Crippen LogP contribution is 2.32. The highest BCUT2D eigenvalue weighted by atomic mass is 19.4. The minimum atomic E-state index is -4.46. The molecule has 4 rings (SSSR count). The average Bonchev–Trinajstić information content (AvgIpc) is 3.30. The second-order valence-corrected chi connectivity index (χ2v) is 9.72. The lowest BCUT2D eigenvalue weighted by atomic mass is 10.0. The van der Waals surface area contributed by atoms with E-state index < -0.39 is 24.9 Å². The van der Waals surface area contributed by atoms with Crippen molar-refractivity contribution >= 4 is 28.2 Å². The van der Waals surface area contributed by atoms with Gasteiger partial charge in [0.25, 0.3) is 5.91 Å². The number of methoxy groups -OCH3 is 1. The zero-order valence-corrected chi connectivity index (χ0v) is 24.7. The number of ether oxygens (including phenoxy) is 1. The van der Waals surface area contributed by atoms with E-state index in [1.807, 2.05) is 32.7 Å². The molecule has 3 N–H and O–H groups in total. The van der Waals surface area contributed by atoms with Crippen LogP contribution in [0.2, 0.25) is 0 Å². The van der Waals surface area contributed by atoms with Gasteiger partial charge in [0.1, 0.15) is 18.5 Å². The van der Waals surface area contributed by atoms with E-state index in [1.54, 1.807) is 42.5 Å². The third-order valence-electron chi connectivity index (χ3n) is 6.75. The summed E-state index contributed by atoms with van der Waals surface area (Å²) in [6.07, 6.45) is -4.96. The summed E-state index contributed by atoms with van der Waals surface area (Å²) >= 11 is 0. The van der Waals surface area contributed by atoms with Crippen LogP contribution in [0.5, 0.6) is 5.75 Å². The molecule has 0 spiro atoms. The molecule has 3 aromatic rings. The van der Waals surface area contributed by atoms with Crippen LogP contribution in [0.15, 0.2) is 42.5 Å². The van der Waals surface area contributed by atoms with Gasteiger partial charge in [-0.3, -0.25) is 4.79 Å². The van der Waals surface area contributed by atoms with E-state index in [0.29, 0.717) is 53.1 Å². The average molecular weight is 590 g/mol. The number of rotatable bonds is 8. The molecule has 228 valence electrons. The Hall–Kier alpha value is -3.91. The summed E-state index contributed by atoms with van der Waals surface area (Å²) in [5.41, 5.74) is 2.17. The molecule has 7 nitrogen and oxygen atoms in total. The van der Waals surface area contributed by atoms with Crippen molar-refractivity contribution in [2.45, 2.75) is 52.1 Å². The lowest BCUT2D eigenvalue weighted by Gasteiger charge is -2.33. The number of hydrogen-bond donors (Lipinski definition) is 3. The normalized spacial score (nSPS) is 17.0. The monoisotopic (exact) mass is 589 g/mol. The smallest absolute Gasteiger partial charge is 0.406 e. The van der Waals surface area contributed by atoms with Gasteiger partial charge >= 0.3 is 6.18 Å². The van der Waals surface area contributed by atoms with E-state index in [9.17, 15) is 22.4 Å². The Morgan fingerprint density at radius 2 is 1.90 bits per heavy atom. The van der Waals surface area contributed by atoms with Crippen LogP contribution in [0.1, 0.15) is 43.2 Å². The number of carbonyl (C=O) groups is 1. The van der Waals surface area contributed by atoms with Crippen molar-refractivity contribution in [3.8, 4) is 17.6 Å². The fourth-order valence-corrected chi connectivity index (χ4v) is 4.80. The topological polar surface area (TPSA) is 70.6 Å². The fraction of sp³-hybridized carbons (Fsp3) is 0.452. The molecule has 0 bridgehead atoms. The molecule has 1 aliphatic rings. The number of aromatic nitrogens is 1. The van der Waals surface area contributed by atoms with Crippen LogP contribution in [-0.4, -0.2) is 74.1 Å². The van der Waals surface area contributed by atoms with Gasteiger partial charge < -0.3 is 30.2 Å². The number of alkyl halides is 4. The summed E-state index contributed by atoms with van der Waals surface area (Å²) in [4.78, 5) is 14.0. The van der Waals surface area contributed by atoms with Gasteiger partial charge in [-0.1, -0.05) is 25.8 Å². The number of piperidine rings is 1. The molecule has 1 amide bonds. The van der Waals surface area contributed by atoms with Crippen molar-refractivity contribution in [3.05, 3.63) is 53.7 Å². The standard InChI is InChI=1S/C29H33F4N5O2.C2H6/c1-4-34-28(39)19-10-11-25(27(15-19)40-3)35-13-6-7-20-16-21-23(36-24-12-14-37(2)17-22(24)30)8-5-9-26(21)38(20)18-29(31,32)33;1-2/h5,8-11,15-16,22,24,35-36H,4,12-14,17-18H2,1-3H3,(H,34,39);1-2H3. The predicted octanol–water partition coefficient (Wildman–Crippen LogP) is 5.91. The first kappa shape index (κ1) is 32.6. The Morgan fingerprint density at radius 3 is 2.57 bits per heavy atom. The van der Waals surface area contributed by atoms with Gasteiger partial charge in [-0.05, 0) is 62.7 Å². The number of likely N-dealkylation sites (tertiary alicyclic amines) is 1. The number of benzene rings is 2. The van der Waals surface area contributed by atoms with Crippen molar-refractivity contribution in [3.63, 3.8) is 0 Å². The molecule has 1 aliphatic heterocycles. The number of halogens is 4. The molecule has 0 aliphatic carbocycles. The van der Waals surface area contributed by atoms with Crippen LogP contribution < -0.4 is 20.7 Å². The Labute approximate surface area is 244 Å². The van der Waals surface area contributed by atoms with Gasteiger partial charge in [0.15, 0.2) is 0 Å². The number of hydrogen-bond acceptors (Lipinski definition) is 5. The van der Waals surface area contributed by atoms with E-state index in [0.717, 1.165) is 11.1 Å². The summed E-state index contributed by atoms with van der Waals surface area (Å²) in [5, 5.41) is 9.58. The summed E-state index contributed by atoms with van der Waals surface area (Å²) in [6, 6.07) is 11.1. The Balaban J connectivity index is 0.00000237. The molecule has 1 saturated heterocycles. The van der Waals surface area contributed by atoms with E-state index in [2.05, 4.69) is 27.8 Å². The molecule has 2 unspecified atom stereocenters. The maximum atomic E-state index is 14.7. The van der Waals surface area contributed by atoms with Crippen molar-refractivity contribution < 1.29 is 27.1 Å². The summed E-state index contributed by atoms with van der Waals surface area (Å²) < 4.78 is 61.8. The van der Waals surface area contributed by atoms with Crippen LogP contribution in [-0.2, 0) is 6.54 Å². The molecular formula is C31H39F4N5O2. The highest BCUT2D eigenvalue weighted by Gasteiger charge is 2.31. The van der Waals surface area contributed by atoms with E-state index in [4.69, 9.17) is 4.74 Å². The van der Waals surface area contributed by atoms with Crippen LogP contribution in [0.25, 0.3) is 10.9 Å². The number of fused-ring (bicyclic) bond motifs is 1. The lowest BCUT2D eigenvalue weighted by molar-refractivity contribution is -0.140. The van der Waals surface area contributed by atoms with Crippen molar-refractivity contribution in [2.75, 3.05) is 51.0 Å². The maximum Gasteiger partial charge on any atom is 0.406 e. The molecule has 11 heteroatoms. The van der Waals surface area contributed by atoms with Gasteiger partial charge in [0.05, 0.1) is 36.6 Å². The molecule has 2 aromatic carbocycles. The van der Waals surface area contributed by atoms with Gasteiger partial charge in [-0.25, -0.2) is 4.39 Å². The van der Waals surface area contributed by atoms with Crippen LogP contribution in [0, 0.1) is 11.8 Å². The Kier molecular flexibility index (Phi) is 11.5. The van der Waals surface area contributed by atoms with Crippen LogP contribution in [0.3, 0.4) is 0 Å².